The second-order valence-electron chi connectivity index (χ2n) is 5.30. The number of anilines is 1. The number of aromatic nitrogens is 2. The van der Waals surface area contributed by atoms with Gasteiger partial charge in [0.2, 0.25) is 10.0 Å². The number of hydrogen-bond acceptors (Lipinski definition) is 6. The molecule has 2 heterocycles. The lowest BCUT2D eigenvalue weighted by atomic mass is 10.1. The zero-order chi connectivity index (χ0) is 15.7. The molecule has 1 atom stereocenters. The van der Waals surface area contributed by atoms with Crippen LogP contribution in [0.3, 0.4) is 0 Å². The van der Waals surface area contributed by atoms with E-state index in [0.29, 0.717) is 24.0 Å². The van der Waals surface area contributed by atoms with Crippen molar-refractivity contribution in [1.82, 2.24) is 10.1 Å². The second-order valence-corrected chi connectivity index (χ2v) is 7.31. The maximum absolute atomic E-state index is 11.5. The van der Waals surface area contributed by atoms with Crippen LogP contribution in [0, 0.1) is 0 Å². The summed E-state index contributed by atoms with van der Waals surface area (Å²) in [6.45, 7) is 1.35. The molecule has 1 aromatic heterocycles. The third-order valence-corrected chi connectivity index (χ3v) is 4.92. The minimum atomic E-state index is -3.27. The SMILES string of the molecule is CN(c1ccc(-c2nc(C3CCOC3)no2)cc1)S(C)(=O)=O. The molecule has 118 valence electrons. The van der Waals surface area contributed by atoms with Gasteiger partial charge in [0.25, 0.3) is 5.89 Å². The fourth-order valence-corrected chi connectivity index (χ4v) is 2.77. The maximum Gasteiger partial charge on any atom is 0.257 e. The summed E-state index contributed by atoms with van der Waals surface area (Å²) >= 11 is 0. The van der Waals surface area contributed by atoms with Gasteiger partial charge in [0.05, 0.1) is 18.6 Å². The molecule has 0 spiro atoms. The largest absolute Gasteiger partial charge is 0.381 e. The van der Waals surface area contributed by atoms with Crippen LogP contribution < -0.4 is 4.31 Å². The van der Waals surface area contributed by atoms with E-state index < -0.39 is 10.0 Å². The van der Waals surface area contributed by atoms with E-state index in [1.54, 1.807) is 24.3 Å². The molecule has 8 heteroatoms. The van der Waals surface area contributed by atoms with Gasteiger partial charge in [-0.1, -0.05) is 5.16 Å². The Hall–Kier alpha value is -1.93. The van der Waals surface area contributed by atoms with Gasteiger partial charge in [-0.05, 0) is 30.7 Å². The van der Waals surface area contributed by atoms with E-state index in [9.17, 15) is 8.42 Å². The predicted molar refractivity (Wildman–Crippen MR) is 81.2 cm³/mol. The van der Waals surface area contributed by atoms with Crippen LogP contribution in [0.15, 0.2) is 28.8 Å². The third kappa shape index (κ3) is 2.97. The van der Waals surface area contributed by atoms with Crippen molar-refractivity contribution in [2.24, 2.45) is 0 Å². The highest BCUT2D eigenvalue weighted by Gasteiger charge is 2.23. The van der Waals surface area contributed by atoms with Crippen LogP contribution in [0.5, 0.6) is 0 Å². The smallest absolute Gasteiger partial charge is 0.257 e. The number of hydrogen-bond donors (Lipinski definition) is 0. The van der Waals surface area contributed by atoms with Gasteiger partial charge in [-0.15, -0.1) is 0 Å². The molecule has 0 amide bonds. The highest BCUT2D eigenvalue weighted by atomic mass is 32.2. The summed E-state index contributed by atoms with van der Waals surface area (Å²) in [6.07, 6.45) is 2.06. The van der Waals surface area contributed by atoms with Gasteiger partial charge >= 0.3 is 0 Å². The van der Waals surface area contributed by atoms with Gasteiger partial charge in [0.15, 0.2) is 5.82 Å². The number of sulfonamides is 1. The molecule has 1 aromatic carbocycles. The molecule has 1 aliphatic heterocycles. The van der Waals surface area contributed by atoms with Crippen LogP contribution in [0.4, 0.5) is 5.69 Å². The van der Waals surface area contributed by atoms with Crippen molar-refractivity contribution in [3.63, 3.8) is 0 Å². The molecule has 1 aliphatic rings. The molecular weight excluding hydrogens is 306 g/mol. The number of rotatable bonds is 4. The minimum Gasteiger partial charge on any atom is -0.381 e. The van der Waals surface area contributed by atoms with E-state index in [2.05, 4.69) is 10.1 Å². The van der Waals surface area contributed by atoms with Crippen molar-refractivity contribution >= 4 is 15.7 Å². The van der Waals surface area contributed by atoms with Crippen molar-refractivity contribution in [2.75, 3.05) is 30.8 Å². The quantitative estimate of drug-likeness (QED) is 0.850. The molecule has 7 nitrogen and oxygen atoms in total. The lowest BCUT2D eigenvalue weighted by Gasteiger charge is -2.16. The molecular formula is C14H17N3O4S. The highest BCUT2D eigenvalue weighted by molar-refractivity contribution is 7.92. The Balaban J connectivity index is 1.81. The van der Waals surface area contributed by atoms with E-state index in [1.807, 2.05) is 0 Å². The van der Waals surface area contributed by atoms with Crippen molar-refractivity contribution in [3.05, 3.63) is 30.1 Å². The fraction of sp³-hybridized carbons (Fsp3) is 0.429. The van der Waals surface area contributed by atoms with Crippen LogP contribution in [0.1, 0.15) is 18.2 Å². The second kappa shape index (κ2) is 5.69. The van der Waals surface area contributed by atoms with Crippen LogP contribution in [0.2, 0.25) is 0 Å². The van der Waals surface area contributed by atoms with Crippen LogP contribution in [0.25, 0.3) is 11.5 Å². The summed E-state index contributed by atoms with van der Waals surface area (Å²) in [6, 6.07) is 6.94. The van der Waals surface area contributed by atoms with Crippen LogP contribution in [-0.2, 0) is 14.8 Å². The maximum atomic E-state index is 11.5. The Morgan fingerprint density at radius 1 is 1.27 bits per heavy atom. The standard InChI is InChI=1S/C14H17N3O4S/c1-17(22(2,18)19)12-5-3-10(4-6-12)14-15-13(16-21-14)11-7-8-20-9-11/h3-6,11H,7-9H2,1-2H3. The molecule has 2 aromatic rings. The first-order valence-electron chi connectivity index (χ1n) is 6.91. The summed E-state index contributed by atoms with van der Waals surface area (Å²) in [5.41, 5.74) is 1.33. The average molecular weight is 323 g/mol. The number of nitrogens with zero attached hydrogens (tertiary/aromatic N) is 3. The van der Waals surface area contributed by atoms with Crippen molar-refractivity contribution < 1.29 is 17.7 Å². The number of ether oxygens (including phenoxy) is 1. The Kier molecular flexibility index (Phi) is 3.88. The molecule has 1 unspecified atom stereocenters. The molecule has 0 radical (unpaired) electrons. The van der Waals surface area contributed by atoms with Gasteiger partial charge in [-0.25, -0.2) is 8.42 Å². The highest BCUT2D eigenvalue weighted by Crippen LogP contribution is 2.27. The number of benzene rings is 1. The molecule has 3 rings (SSSR count). The summed E-state index contributed by atoms with van der Waals surface area (Å²) in [5, 5.41) is 4.00. The Labute approximate surface area is 128 Å². The van der Waals surface area contributed by atoms with Crippen molar-refractivity contribution in [2.45, 2.75) is 12.3 Å². The van der Waals surface area contributed by atoms with Crippen LogP contribution in [-0.4, -0.2) is 45.1 Å². The monoisotopic (exact) mass is 323 g/mol. The van der Waals surface area contributed by atoms with Gasteiger partial charge in [0, 0.05) is 25.1 Å². The van der Waals surface area contributed by atoms with Gasteiger partial charge < -0.3 is 9.26 Å². The summed E-state index contributed by atoms with van der Waals surface area (Å²) in [5.74, 6) is 1.27. The van der Waals surface area contributed by atoms with Crippen molar-refractivity contribution in [1.29, 1.82) is 0 Å². The summed E-state index contributed by atoms with van der Waals surface area (Å²) in [7, 11) is -1.76. The molecule has 0 bridgehead atoms. The zero-order valence-electron chi connectivity index (χ0n) is 12.4. The van der Waals surface area contributed by atoms with Gasteiger partial charge in [0.1, 0.15) is 0 Å². The van der Waals surface area contributed by atoms with Gasteiger partial charge in [-0.2, -0.15) is 4.98 Å². The van der Waals surface area contributed by atoms with E-state index in [0.717, 1.165) is 24.8 Å². The Bertz CT molecular complexity index is 749. The van der Waals surface area contributed by atoms with E-state index in [4.69, 9.17) is 9.26 Å². The minimum absolute atomic E-state index is 0.188. The predicted octanol–water partition coefficient (Wildman–Crippen LogP) is 1.64. The van der Waals surface area contributed by atoms with E-state index >= 15 is 0 Å². The van der Waals surface area contributed by atoms with E-state index in [1.165, 1.54) is 11.4 Å². The Morgan fingerprint density at radius 2 is 2.00 bits per heavy atom. The normalized spacial score (nSPS) is 18.5. The Morgan fingerprint density at radius 3 is 2.59 bits per heavy atom. The first kappa shape index (κ1) is 15.0. The first-order valence-corrected chi connectivity index (χ1v) is 8.75. The van der Waals surface area contributed by atoms with Crippen LogP contribution >= 0.6 is 0 Å². The topological polar surface area (TPSA) is 85.5 Å². The molecule has 0 saturated carbocycles. The summed E-state index contributed by atoms with van der Waals surface area (Å²) in [4.78, 5) is 4.40. The molecule has 22 heavy (non-hydrogen) atoms. The molecule has 0 N–H and O–H groups in total. The van der Waals surface area contributed by atoms with Gasteiger partial charge in [-0.3, -0.25) is 4.31 Å². The molecule has 0 aliphatic carbocycles. The average Bonchev–Trinajstić information content (AvgIpc) is 3.16. The first-order chi connectivity index (χ1) is 10.4. The molecule has 1 fully saturated rings. The van der Waals surface area contributed by atoms with Crippen molar-refractivity contribution in [3.8, 4) is 11.5 Å². The summed E-state index contributed by atoms with van der Waals surface area (Å²) < 4.78 is 34.8. The fourth-order valence-electron chi connectivity index (χ4n) is 2.26. The third-order valence-electron chi connectivity index (χ3n) is 3.71. The van der Waals surface area contributed by atoms with E-state index in [-0.39, 0.29) is 5.92 Å². The zero-order valence-corrected chi connectivity index (χ0v) is 13.2. The lowest BCUT2D eigenvalue weighted by molar-refractivity contribution is 0.192. The molecule has 1 saturated heterocycles. The lowest BCUT2D eigenvalue weighted by Crippen LogP contribution is -2.24.